The van der Waals surface area contributed by atoms with Gasteiger partial charge in [0.05, 0.1) is 13.2 Å². The highest BCUT2D eigenvalue weighted by Gasteiger charge is 2.37. The van der Waals surface area contributed by atoms with Gasteiger partial charge in [-0.15, -0.1) is 12.4 Å². The number of rotatable bonds is 0. The van der Waals surface area contributed by atoms with Crippen molar-refractivity contribution in [1.82, 2.24) is 4.90 Å². The zero-order valence-electron chi connectivity index (χ0n) is 5.73. The maximum Gasteiger partial charge on any atom is 0.460 e. The second-order valence-electron chi connectivity index (χ2n) is 2.07. The summed E-state index contributed by atoms with van der Waals surface area (Å²) in [5.41, 5.74) is 0. The number of alkyl halides is 3. The van der Waals surface area contributed by atoms with Crippen LogP contribution >= 0.6 is 12.4 Å². The highest BCUT2D eigenvalue weighted by molar-refractivity contribution is 5.85. The highest BCUT2D eigenvalue weighted by Crippen LogP contribution is 2.21. The van der Waals surface area contributed by atoms with E-state index in [9.17, 15) is 13.2 Å². The van der Waals surface area contributed by atoms with Crippen molar-refractivity contribution in [2.24, 2.45) is 0 Å². The molecule has 1 fully saturated rings. The van der Waals surface area contributed by atoms with Crippen LogP contribution in [0.15, 0.2) is 0 Å². The highest BCUT2D eigenvalue weighted by atomic mass is 35.5. The van der Waals surface area contributed by atoms with Crippen molar-refractivity contribution in [2.75, 3.05) is 26.3 Å². The Morgan fingerprint density at radius 1 is 1.09 bits per heavy atom. The van der Waals surface area contributed by atoms with Crippen LogP contribution < -0.4 is 0 Å². The first-order valence-electron chi connectivity index (χ1n) is 3.00. The van der Waals surface area contributed by atoms with Crippen LogP contribution in [0.5, 0.6) is 0 Å². The Morgan fingerprint density at radius 3 is 1.82 bits per heavy atom. The number of hydrogen-bond donors (Lipinski definition) is 0. The maximum absolute atomic E-state index is 11.8. The van der Waals surface area contributed by atoms with Crippen molar-refractivity contribution in [3.05, 3.63) is 0 Å². The molecule has 0 spiro atoms. The van der Waals surface area contributed by atoms with Gasteiger partial charge < -0.3 is 4.74 Å². The third-order valence-electron chi connectivity index (χ3n) is 1.37. The standard InChI is InChI=1S/C5H8F3NO.ClH/c6-5(7,8)9-1-3-10-4-2-9;/h1-4H2;1H. The Labute approximate surface area is 68.7 Å². The molecular formula is C5H9ClF3NO. The van der Waals surface area contributed by atoms with Crippen LogP contribution in [0.4, 0.5) is 13.2 Å². The quantitative estimate of drug-likeness (QED) is 0.535. The Hall–Kier alpha value is -0.0000000000000000416. The molecule has 0 radical (unpaired) electrons. The molecule has 1 rings (SSSR count). The van der Waals surface area contributed by atoms with E-state index in [1.54, 1.807) is 0 Å². The molecule has 1 saturated heterocycles. The molecule has 0 aromatic rings. The van der Waals surface area contributed by atoms with Gasteiger partial charge >= 0.3 is 6.30 Å². The van der Waals surface area contributed by atoms with Crippen LogP contribution in [0.3, 0.4) is 0 Å². The minimum absolute atomic E-state index is 0. The summed E-state index contributed by atoms with van der Waals surface area (Å²) in [6, 6.07) is 0. The minimum Gasteiger partial charge on any atom is -0.379 e. The Bertz CT molecular complexity index is 113. The van der Waals surface area contributed by atoms with E-state index < -0.39 is 6.30 Å². The van der Waals surface area contributed by atoms with Gasteiger partial charge in [0, 0.05) is 13.1 Å². The molecule has 11 heavy (non-hydrogen) atoms. The molecule has 0 unspecified atom stereocenters. The minimum atomic E-state index is -4.18. The lowest BCUT2D eigenvalue weighted by Crippen LogP contribution is -2.45. The second-order valence-corrected chi connectivity index (χ2v) is 2.07. The van der Waals surface area contributed by atoms with Crippen molar-refractivity contribution < 1.29 is 17.9 Å². The molecule has 1 heterocycles. The van der Waals surface area contributed by atoms with Gasteiger partial charge in [-0.3, -0.25) is 0 Å². The SMILES string of the molecule is Cl.FC(F)(F)N1CCOCC1. The van der Waals surface area contributed by atoms with Gasteiger partial charge in [-0.1, -0.05) is 0 Å². The first-order chi connectivity index (χ1) is 4.61. The average molecular weight is 192 g/mol. The van der Waals surface area contributed by atoms with Crippen LogP contribution in [0.2, 0.25) is 0 Å². The second kappa shape index (κ2) is 4.13. The lowest BCUT2D eigenvalue weighted by Gasteiger charge is -2.28. The van der Waals surface area contributed by atoms with E-state index in [2.05, 4.69) is 0 Å². The average Bonchev–Trinajstić information content (AvgIpc) is 1.88. The predicted molar refractivity (Wildman–Crippen MR) is 35.7 cm³/mol. The Balaban J connectivity index is 0.000001000. The van der Waals surface area contributed by atoms with E-state index in [0.717, 1.165) is 0 Å². The summed E-state index contributed by atoms with van der Waals surface area (Å²) in [5, 5.41) is 0. The van der Waals surface area contributed by atoms with Crippen molar-refractivity contribution in [3.8, 4) is 0 Å². The smallest absolute Gasteiger partial charge is 0.379 e. The number of ether oxygens (including phenoxy) is 1. The number of morpholine rings is 1. The van der Waals surface area contributed by atoms with Gasteiger partial charge in [-0.05, 0) is 0 Å². The molecule has 6 heteroatoms. The molecule has 68 valence electrons. The number of hydrogen-bond acceptors (Lipinski definition) is 2. The molecule has 1 aliphatic heterocycles. The maximum atomic E-state index is 11.8. The van der Waals surface area contributed by atoms with Gasteiger partial charge in [-0.2, -0.15) is 13.2 Å². The lowest BCUT2D eigenvalue weighted by atomic mass is 10.4. The van der Waals surface area contributed by atoms with Gasteiger partial charge in [0.1, 0.15) is 0 Å². The predicted octanol–water partition coefficient (Wildman–Crippen LogP) is 1.26. The molecule has 0 N–H and O–H groups in total. The Kier molecular flexibility index (Phi) is 4.13. The molecule has 2 nitrogen and oxygen atoms in total. The van der Waals surface area contributed by atoms with Gasteiger partial charge in [0.15, 0.2) is 0 Å². The summed E-state index contributed by atoms with van der Waals surface area (Å²) in [4.78, 5) is 0.455. The summed E-state index contributed by atoms with van der Waals surface area (Å²) in [6.07, 6.45) is -4.18. The van der Waals surface area contributed by atoms with E-state index in [0.29, 0.717) is 4.90 Å². The molecule has 0 amide bonds. The monoisotopic (exact) mass is 191 g/mol. The van der Waals surface area contributed by atoms with E-state index in [-0.39, 0.29) is 38.7 Å². The van der Waals surface area contributed by atoms with Crippen LogP contribution in [-0.4, -0.2) is 37.5 Å². The fraction of sp³-hybridized carbons (Fsp3) is 1.00. The van der Waals surface area contributed by atoms with Crippen molar-refractivity contribution in [2.45, 2.75) is 6.30 Å². The molecule has 0 aromatic heterocycles. The van der Waals surface area contributed by atoms with E-state index in [1.165, 1.54) is 0 Å². The normalized spacial score (nSPS) is 21.0. The van der Waals surface area contributed by atoms with Crippen LogP contribution in [-0.2, 0) is 4.74 Å². The van der Waals surface area contributed by atoms with Crippen molar-refractivity contribution >= 4 is 12.4 Å². The molecule has 0 bridgehead atoms. The van der Waals surface area contributed by atoms with Gasteiger partial charge in [0.2, 0.25) is 0 Å². The molecule has 1 aliphatic rings. The fourth-order valence-electron chi connectivity index (χ4n) is 0.817. The van der Waals surface area contributed by atoms with Crippen LogP contribution in [0.1, 0.15) is 0 Å². The summed E-state index contributed by atoms with van der Waals surface area (Å²) in [5.74, 6) is 0. The third-order valence-corrected chi connectivity index (χ3v) is 1.37. The van der Waals surface area contributed by atoms with Crippen molar-refractivity contribution in [1.29, 1.82) is 0 Å². The van der Waals surface area contributed by atoms with Crippen molar-refractivity contribution in [3.63, 3.8) is 0 Å². The molecule has 0 aliphatic carbocycles. The summed E-state index contributed by atoms with van der Waals surface area (Å²) >= 11 is 0. The summed E-state index contributed by atoms with van der Waals surface area (Å²) in [7, 11) is 0. The van der Waals surface area contributed by atoms with Gasteiger partial charge in [-0.25, -0.2) is 4.90 Å². The number of halogens is 4. The molecule has 0 aromatic carbocycles. The summed E-state index contributed by atoms with van der Waals surface area (Å²) < 4.78 is 40.2. The third kappa shape index (κ3) is 3.27. The molecular weight excluding hydrogens is 183 g/mol. The van der Waals surface area contributed by atoms with E-state index in [4.69, 9.17) is 4.74 Å². The fourth-order valence-corrected chi connectivity index (χ4v) is 0.817. The topological polar surface area (TPSA) is 12.5 Å². The van der Waals surface area contributed by atoms with E-state index in [1.807, 2.05) is 0 Å². The Morgan fingerprint density at radius 2 is 1.55 bits per heavy atom. The first-order valence-corrected chi connectivity index (χ1v) is 3.00. The van der Waals surface area contributed by atoms with Gasteiger partial charge in [0.25, 0.3) is 0 Å². The zero-order chi connectivity index (χ0) is 7.61. The largest absolute Gasteiger partial charge is 0.460 e. The molecule has 0 saturated carbocycles. The number of nitrogens with zero attached hydrogens (tertiary/aromatic N) is 1. The summed E-state index contributed by atoms with van der Waals surface area (Å²) in [6.45, 7) is 0.284. The van der Waals surface area contributed by atoms with Crippen LogP contribution in [0, 0.1) is 0 Å². The molecule has 0 atom stereocenters. The van der Waals surface area contributed by atoms with Crippen LogP contribution in [0.25, 0.3) is 0 Å². The first kappa shape index (κ1) is 11.0. The lowest BCUT2D eigenvalue weighted by molar-refractivity contribution is -0.259. The van der Waals surface area contributed by atoms with E-state index >= 15 is 0 Å². The zero-order valence-corrected chi connectivity index (χ0v) is 6.54.